The Hall–Kier alpha value is -0.940. The lowest BCUT2D eigenvalue weighted by Crippen LogP contribution is -2.50. The third kappa shape index (κ3) is 3.87. The molecule has 0 spiro atoms. The normalized spacial score (nSPS) is 23.4. The van der Waals surface area contributed by atoms with E-state index < -0.39 is 0 Å². The molecule has 4 nitrogen and oxygen atoms in total. The zero-order valence-electron chi connectivity index (χ0n) is 13.2. The summed E-state index contributed by atoms with van der Waals surface area (Å²) in [7, 11) is 0. The Morgan fingerprint density at radius 3 is 2.64 bits per heavy atom. The largest absolute Gasteiger partial charge is 0.394 e. The number of ether oxygens (including phenoxy) is 2. The van der Waals surface area contributed by atoms with Crippen LogP contribution in [-0.2, 0) is 22.3 Å². The molecule has 0 bridgehead atoms. The Morgan fingerprint density at radius 2 is 2.00 bits per heavy atom. The van der Waals surface area contributed by atoms with Crippen LogP contribution in [0, 0.1) is 0 Å². The van der Waals surface area contributed by atoms with Gasteiger partial charge in [0.25, 0.3) is 0 Å². The first-order chi connectivity index (χ1) is 10.8. The average molecular weight is 305 g/mol. The topological polar surface area (TPSA) is 50.7 Å². The highest BCUT2D eigenvalue weighted by atomic mass is 16.7. The van der Waals surface area contributed by atoms with E-state index in [0.717, 1.165) is 45.3 Å². The van der Waals surface area contributed by atoms with Gasteiger partial charge in [-0.2, -0.15) is 0 Å². The number of benzene rings is 1. The maximum absolute atomic E-state index is 9.84. The fourth-order valence-corrected chi connectivity index (χ4v) is 3.47. The second kappa shape index (κ2) is 7.55. The first-order valence-electron chi connectivity index (χ1n) is 8.47. The lowest BCUT2D eigenvalue weighted by molar-refractivity contribution is -0.162. The smallest absolute Gasteiger partial charge is 0.157 e. The number of fused-ring (bicyclic) bond motifs is 1. The fourth-order valence-electron chi connectivity index (χ4n) is 3.47. The van der Waals surface area contributed by atoms with Gasteiger partial charge in [0.05, 0.1) is 13.2 Å². The third-order valence-corrected chi connectivity index (χ3v) is 4.74. The monoisotopic (exact) mass is 305 g/mol. The Labute approximate surface area is 132 Å². The summed E-state index contributed by atoms with van der Waals surface area (Å²) in [5.41, 5.74) is 2.53. The minimum atomic E-state index is -0.189. The Bertz CT molecular complexity index is 446. The number of rotatable bonds is 7. The van der Waals surface area contributed by atoms with E-state index in [1.54, 1.807) is 0 Å². The molecule has 122 valence electrons. The van der Waals surface area contributed by atoms with Crippen molar-refractivity contribution in [3.05, 3.63) is 35.4 Å². The number of hydrogen-bond acceptors (Lipinski definition) is 4. The van der Waals surface area contributed by atoms with E-state index in [4.69, 9.17) is 9.47 Å². The molecule has 1 aliphatic heterocycles. The van der Waals surface area contributed by atoms with Crippen LogP contribution < -0.4 is 5.32 Å². The standard InChI is InChI=1S/C18H27NO3/c20-14-18(12-15-6-1-2-7-16(15)13-18)19-9-5-11-22-17-8-3-4-10-21-17/h1-2,6-7,17,19-20H,3-5,8-14H2/t17-/m1/s1. The highest BCUT2D eigenvalue weighted by molar-refractivity contribution is 5.36. The molecule has 1 aliphatic carbocycles. The average Bonchev–Trinajstić information content (AvgIpc) is 2.94. The maximum atomic E-state index is 9.84. The van der Waals surface area contributed by atoms with Crippen LogP contribution in [0.25, 0.3) is 0 Å². The van der Waals surface area contributed by atoms with Gasteiger partial charge in [-0.05, 0) is 56.2 Å². The SMILES string of the molecule is OCC1(NCCCO[C@@H]2CCCCO2)Cc2ccccc2C1. The quantitative estimate of drug-likeness (QED) is 0.757. The van der Waals surface area contributed by atoms with Gasteiger partial charge in [0.1, 0.15) is 0 Å². The Balaban J connectivity index is 1.39. The van der Waals surface area contributed by atoms with Crippen LogP contribution >= 0.6 is 0 Å². The van der Waals surface area contributed by atoms with Crippen molar-refractivity contribution in [1.82, 2.24) is 5.32 Å². The van der Waals surface area contributed by atoms with Gasteiger partial charge in [0.2, 0.25) is 0 Å². The van der Waals surface area contributed by atoms with Crippen molar-refractivity contribution in [3.63, 3.8) is 0 Å². The van der Waals surface area contributed by atoms with Gasteiger partial charge >= 0.3 is 0 Å². The van der Waals surface area contributed by atoms with Gasteiger partial charge in [-0.25, -0.2) is 0 Å². The molecule has 1 fully saturated rings. The minimum Gasteiger partial charge on any atom is -0.394 e. The van der Waals surface area contributed by atoms with Crippen LogP contribution in [-0.4, -0.2) is 43.3 Å². The molecule has 0 amide bonds. The molecule has 0 saturated carbocycles. The summed E-state index contributed by atoms with van der Waals surface area (Å²) in [6.07, 6.45) is 6.13. The predicted molar refractivity (Wildman–Crippen MR) is 85.8 cm³/mol. The van der Waals surface area contributed by atoms with E-state index >= 15 is 0 Å². The molecule has 0 radical (unpaired) electrons. The molecule has 1 aromatic carbocycles. The molecule has 1 saturated heterocycles. The molecule has 1 aromatic rings. The molecule has 22 heavy (non-hydrogen) atoms. The molecular formula is C18H27NO3. The van der Waals surface area contributed by atoms with Crippen LogP contribution in [0.15, 0.2) is 24.3 Å². The van der Waals surface area contributed by atoms with Crippen molar-refractivity contribution < 1.29 is 14.6 Å². The summed E-state index contributed by atoms with van der Waals surface area (Å²) < 4.78 is 11.3. The van der Waals surface area contributed by atoms with Gasteiger partial charge in [0, 0.05) is 12.1 Å². The molecule has 1 atom stereocenters. The van der Waals surface area contributed by atoms with Crippen molar-refractivity contribution in [3.8, 4) is 0 Å². The number of nitrogens with one attached hydrogen (secondary N) is 1. The molecular weight excluding hydrogens is 278 g/mol. The van der Waals surface area contributed by atoms with Crippen LogP contribution in [0.3, 0.4) is 0 Å². The highest BCUT2D eigenvalue weighted by Gasteiger charge is 2.35. The molecule has 2 aliphatic rings. The van der Waals surface area contributed by atoms with E-state index in [0.29, 0.717) is 6.61 Å². The summed E-state index contributed by atoms with van der Waals surface area (Å²) in [6, 6.07) is 8.48. The zero-order chi connectivity index (χ0) is 15.3. The molecule has 3 rings (SSSR count). The van der Waals surface area contributed by atoms with Crippen LogP contribution in [0.2, 0.25) is 0 Å². The minimum absolute atomic E-state index is 0.00344. The molecule has 0 unspecified atom stereocenters. The predicted octanol–water partition coefficient (Wildman–Crippen LogP) is 2.04. The van der Waals surface area contributed by atoms with E-state index in [2.05, 4.69) is 29.6 Å². The summed E-state index contributed by atoms with van der Waals surface area (Å²) >= 11 is 0. The summed E-state index contributed by atoms with van der Waals surface area (Å²) in [5.74, 6) is 0. The summed E-state index contributed by atoms with van der Waals surface area (Å²) in [4.78, 5) is 0. The number of hydrogen-bond donors (Lipinski definition) is 2. The Morgan fingerprint density at radius 1 is 1.23 bits per heavy atom. The van der Waals surface area contributed by atoms with Crippen molar-refractivity contribution in [2.45, 2.75) is 50.4 Å². The fraction of sp³-hybridized carbons (Fsp3) is 0.667. The molecule has 0 aromatic heterocycles. The van der Waals surface area contributed by atoms with Crippen LogP contribution in [0.5, 0.6) is 0 Å². The van der Waals surface area contributed by atoms with Crippen molar-refractivity contribution in [2.24, 2.45) is 0 Å². The van der Waals surface area contributed by atoms with Gasteiger partial charge in [-0.15, -0.1) is 0 Å². The van der Waals surface area contributed by atoms with Gasteiger partial charge < -0.3 is 19.9 Å². The Kier molecular flexibility index (Phi) is 5.47. The molecule has 1 heterocycles. The molecule has 4 heteroatoms. The van der Waals surface area contributed by atoms with Crippen molar-refractivity contribution in [1.29, 1.82) is 0 Å². The van der Waals surface area contributed by atoms with E-state index in [-0.39, 0.29) is 18.4 Å². The van der Waals surface area contributed by atoms with E-state index in [1.165, 1.54) is 17.5 Å². The third-order valence-electron chi connectivity index (χ3n) is 4.74. The van der Waals surface area contributed by atoms with Gasteiger partial charge in [0.15, 0.2) is 6.29 Å². The van der Waals surface area contributed by atoms with Crippen molar-refractivity contribution >= 4 is 0 Å². The maximum Gasteiger partial charge on any atom is 0.157 e. The number of aliphatic hydroxyl groups is 1. The van der Waals surface area contributed by atoms with Crippen LogP contribution in [0.4, 0.5) is 0 Å². The molecule has 2 N–H and O–H groups in total. The lowest BCUT2D eigenvalue weighted by Gasteiger charge is -2.28. The second-order valence-electron chi connectivity index (χ2n) is 6.51. The highest BCUT2D eigenvalue weighted by Crippen LogP contribution is 2.29. The van der Waals surface area contributed by atoms with Crippen LogP contribution in [0.1, 0.15) is 36.8 Å². The zero-order valence-corrected chi connectivity index (χ0v) is 13.2. The van der Waals surface area contributed by atoms with Gasteiger partial charge in [-0.3, -0.25) is 0 Å². The number of aliphatic hydroxyl groups excluding tert-OH is 1. The van der Waals surface area contributed by atoms with E-state index in [1.807, 2.05) is 0 Å². The first-order valence-corrected chi connectivity index (χ1v) is 8.47. The van der Waals surface area contributed by atoms with E-state index in [9.17, 15) is 5.11 Å². The summed E-state index contributed by atoms with van der Waals surface area (Å²) in [5, 5.41) is 13.4. The second-order valence-corrected chi connectivity index (χ2v) is 6.51. The lowest BCUT2D eigenvalue weighted by atomic mass is 9.97. The van der Waals surface area contributed by atoms with Gasteiger partial charge in [-0.1, -0.05) is 24.3 Å². The first kappa shape index (κ1) is 15.9. The summed E-state index contributed by atoms with van der Waals surface area (Å²) in [6.45, 7) is 2.58. The van der Waals surface area contributed by atoms with Crippen molar-refractivity contribution in [2.75, 3.05) is 26.4 Å².